The van der Waals surface area contributed by atoms with Gasteiger partial charge in [0.1, 0.15) is 6.61 Å². The fraction of sp³-hybridized carbons (Fsp3) is 0.357. The van der Waals surface area contributed by atoms with Crippen LogP contribution in [-0.2, 0) is 9.59 Å². The summed E-state index contributed by atoms with van der Waals surface area (Å²) in [4.78, 5) is 22.0. The SMILES string of the molecule is CC(=O)COc1ccc(C2=NNC(=O)CC2C)c(F)c1F. The zero-order valence-corrected chi connectivity index (χ0v) is 11.6. The molecule has 0 aromatic heterocycles. The maximum atomic E-state index is 14.1. The van der Waals surface area contributed by atoms with Crippen molar-refractivity contribution in [3.63, 3.8) is 0 Å². The lowest BCUT2D eigenvalue weighted by Gasteiger charge is -2.20. The first-order valence-electron chi connectivity index (χ1n) is 6.37. The van der Waals surface area contributed by atoms with Crippen LogP contribution in [0, 0.1) is 17.6 Å². The van der Waals surface area contributed by atoms with E-state index in [-0.39, 0.29) is 47.7 Å². The summed E-state index contributed by atoms with van der Waals surface area (Å²) in [5.41, 5.74) is 2.48. The van der Waals surface area contributed by atoms with E-state index in [0.29, 0.717) is 0 Å². The monoisotopic (exact) mass is 296 g/mol. The normalized spacial score (nSPS) is 18.0. The molecule has 0 aliphatic carbocycles. The van der Waals surface area contributed by atoms with Gasteiger partial charge in [-0.1, -0.05) is 6.92 Å². The van der Waals surface area contributed by atoms with Crippen molar-refractivity contribution in [2.24, 2.45) is 11.0 Å². The minimum Gasteiger partial charge on any atom is -0.483 e. The van der Waals surface area contributed by atoms with Crippen molar-refractivity contribution >= 4 is 17.4 Å². The van der Waals surface area contributed by atoms with Gasteiger partial charge in [-0.05, 0) is 19.1 Å². The Kier molecular flexibility index (Phi) is 4.30. The largest absolute Gasteiger partial charge is 0.483 e. The Morgan fingerprint density at radius 1 is 1.43 bits per heavy atom. The third-order valence-electron chi connectivity index (χ3n) is 3.01. The molecule has 21 heavy (non-hydrogen) atoms. The average Bonchev–Trinajstić information content (AvgIpc) is 2.41. The van der Waals surface area contributed by atoms with Gasteiger partial charge in [-0.15, -0.1) is 0 Å². The third-order valence-corrected chi connectivity index (χ3v) is 3.01. The van der Waals surface area contributed by atoms with E-state index in [1.807, 2.05) is 0 Å². The number of rotatable bonds is 4. The van der Waals surface area contributed by atoms with Crippen LogP contribution in [0.3, 0.4) is 0 Å². The zero-order chi connectivity index (χ0) is 15.6. The van der Waals surface area contributed by atoms with Crippen molar-refractivity contribution in [1.29, 1.82) is 0 Å². The molecule has 0 fully saturated rings. The smallest absolute Gasteiger partial charge is 0.240 e. The van der Waals surface area contributed by atoms with Gasteiger partial charge in [-0.25, -0.2) is 9.82 Å². The standard InChI is InChI=1S/C14H14F2N2O3/c1-7-5-11(20)17-18-14(7)9-3-4-10(13(16)12(9)15)21-6-8(2)19/h3-4,7H,5-6H2,1-2H3,(H,17,20). The van der Waals surface area contributed by atoms with Crippen LogP contribution >= 0.6 is 0 Å². The van der Waals surface area contributed by atoms with Crippen LogP contribution < -0.4 is 10.2 Å². The molecular formula is C14H14F2N2O3. The Bertz CT molecular complexity index is 629. The lowest BCUT2D eigenvalue weighted by molar-refractivity contribution is -0.122. The van der Waals surface area contributed by atoms with Crippen LogP contribution in [0.4, 0.5) is 8.78 Å². The summed E-state index contributed by atoms with van der Waals surface area (Å²) in [6.07, 6.45) is 0.155. The van der Waals surface area contributed by atoms with E-state index in [2.05, 4.69) is 10.5 Å². The number of Topliss-reactive ketones (excluding diaryl/α,β-unsaturated/α-hetero) is 1. The first-order valence-corrected chi connectivity index (χ1v) is 6.37. The van der Waals surface area contributed by atoms with E-state index in [4.69, 9.17) is 4.74 Å². The fourth-order valence-electron chi connectivity index (χ4n) is 2.00. The molecule has 5 nitrogen and oxygen atoms in total. The molecule has 1 aromatic rings. The molecule has 112 valence electrons. The molecule has 0 saturated heterocycles. The highest BCUT2D eigenvalue weighted by atomic mass is 19.2. The quantitative estimate of drug-likeness (QED) is 0.921. The highest BCUT2D eigenvalue weighted by Crippen LogP contribution is 2.26. The molecule has 1 amide bonds. The molecule has 2 rings (SSSR count). The number of nitrogens with zero attached hydrogens (tertiary/aromatic N) is 1. The summed E-state index contributed by atoms with van der Waals surface area (Å²) in [6.45, 7) is 2.65. The Labute approximate surface area is 120 Å². The second kappa shape index (κ2) is 5.99. The molecule has 1 heterocycles. The number of ketones is 1. The van der Waals surface area contributed by atoms with Crippen LogP contribution in [0.25, 0.3) is 0 Å². The van der Waals surface area contributed by atoms with Gasteiger partial charge in [0.25, 0.3) is 0 Å². The molecule has 1 aromatic carbocycles. The van der Waals surface area contributed by atoms with E-state index in [1.165, 1.54) is 19.1 Å². The summed E-state index contributed by atoms with van der Waals surface area (Å²) < 4.78 is 32.9. The summed E-state index contributed by atoms with van der Waals surface area (Å²) in [6, 6.07) is 2.56. The maximum absolute atomic E-state index is 14.1. The topological polar surface area (TPSA) is 67.8 Å². The molecule has 7 heteroatoms. The van der Waals surface area contributed by atoms with Gasteiger partial charge >= 0.3 is 0 Å². The van der Waals surface area contributed by atoms with Crippen LogP contribution in [0.5, 0.6) is 5.75 Å². The number of ether oxygens (including phenoxy) is 1. The number of nitrogens with one attached hydrogen (secondary N) is 1. The second-order valence-corrected chi connectivity index (χ2v) is 4.87. The number of benzene rings is 1. The van der Waals surface area contributed by atoms with Crippen molar-refractivity contribution in [3.05, 3.63) is 29.3 Å². The van der Waals surface area contributed by atoms with Gasteiger partial charge in [-0.2, -0.15) is 9.49 Å². The van der Waals surface area contributed by atoms with Crippen molar-refractivity contribution in [1.82, 2.24) is 5.43 Å². The van der Waals surface area contributed by atoms with E-state index in [9.17, 15) is 18.4 Å². The Hall–Kier alpha value is -2.31. The maximum Gasteiger partial charge on any atom is 0.240 e. The number of halogens is 2. The van der Waals surface area contributed by atoms with Gasteiger partial charge in [0, 0.05) is 17.9 Å². The first-order chi connectivity index (χ1) is 9.90. The summed E-state index contributed by atoms with van der Waals surface area (Å²) >= 11 is 0. The molecule has 0 saturated carbocycles. The van der Waals surface area contributed by atoms with Crippen LogP contribution in [0.15, 0.2) is 17.2 Å². The predicted molar refractivity (Wildman–Crippen MR) is 71.0 cm³/mol. The molecule has 0 radical (unpaired) electrons. The molecule has 0 bridgehead atoms. The molecule has 1 N–H and O–H groups in total. The zero-order valence-electron chi connectivity index (χ0n) is 11.6. The van der Waals surface area contributed by atoms with Crippen LogP contribution in [-0.4, -0.2) is 24.0 Å². The minimum atomic E-state index is -1.18. The number of hydrogen-bond acceptors (Lipinski definition) is 4. The average molecular weight is 296 g/mol. The highest BCUT2D eigenvalue weighted by Gasteiger charge is 2.26. The molecule has 1 aliphatic heterocycles. The summed E-state index contributed by atoms with van der Waals surface area (Å²) in [7, 11) is 0. The van der Waals surface area contributed by atoms with Gasteiger partial charge < -0.3 is 4.74 Å². The molecule has 0 spiro atoms. The lowest BCUT2D eigenvalue weighted by Crippen LogP contribution is -2.32. The fourth-order valence-corrected chi connectivity index (χ4v) is 2.00. The van der Waals surface area contributed by atoms with Gasteiger partial charge in [0.05, 0.1) is 5.71 Å². The van der Waals surface area contributed by atoms with Gasteiger partial charge in [-0.3, -0.25) is 9.59 Å². The van der Waals surface area contributed by atoms with Gasteiger partial charge in [0.2, 0.25) is 11.7 Å². The van der Waals surface area contributed by atoms with Crippen LogP contribution in [0.2, 0.25) is 0 Å². The second-order valence-electron chi connectivity index (χ2n) is 4.87. The Morgan fingerprint density at radius 3 is 2.76 bits per heavy atom. The van der Waals surface area contributed by atoms with Crippen LogP contribution in [0.1, 0.15) is 25.8 Å². The van der Waals surface area contributed by atoms with E-state index in [1.54, 1.807) is 6.92 Å². The van der Waals surface area contributed by atoms with E-state index in [0.717, 1.165) is 0 Å². The number of carbonyl (C=O) groups is 2. The van der Waals surface area contributed by atoms with Crippen molar-refractivity contribution in [2.45, 2.75) is 20.3 Å². The molecule has 1 atom stereocenters. The third kappa shape index (κ3) is 3.24. The molecule has 1 unspecified atom stereocenters. The minimum absolute atomic E-state index is 0.0322. The van der Waals surface area contributed by atoms with Crippen molar-refractivity contribution in [2.75, 3.05) is 6.61 Å². The summed E-state index contributed by atoms with van der Waals surface area (Å²) in [5.74, 6) is -3.52. The molecular weight excluding hydrogens is 282 g/mol. The van der Waals surface area contributed by atoms with E-state index >= 15 is 0 Å². The first kappa shape index (κ1) is 15.1. The predicted octanol–water partition coefficient (Wildman–Crippen LogP) is 1.79. The van der Waals surface area contributed by atoms with E-state index < -0.39 is 11.6 Å². The highest BCUT2D eigenvalue weighted by molar-refractivity contribution is 6.05. The molecule has 1 aliphatic rings. The van der Waals surface area contributed by atoms with Crippen molar-refractivity contribution in [3.8, 4) is 5.75 Å². The number of hydrogen-bond donors (Lipinski definition) is 1. The Balaban J connectivity index is 2.32. The van der Waals surface area contributed by atoms with Gasteiger partial charge in [0.15, 0.2) is 17.3 Å². The lowest BCUT2D eigenvalue weighted by atomic mass is 9.93. The summed E-state index contributed by atoms with van der Waals surface area (Å²) in [5, 5.41) is 3.78. The number of amides is 1. The number of carbonyl (C=O) groups excluding carboxylic acids is 2. The Morgan fingerprint density at radius 2 is 2.14 bits per heavy atom. The van der Waals surface area contributed by atoms with Crippen molar-refractivity contribution < 1.29 is 23.1 Å². The number of hydrazone groups is 1.